The highest BCUT2D eigenvalue weighted by Gasteiger charge is 2.35. The summed E-state index contributed by atoms with van der Waals surface area (Å²) in [6.07, 6.45) is 1.82. The topological polar surface area (TPSA) is 60.8 Å². The van der Waals surface area contributed by atoms with E-state index in [4.69, 9.17) is 9.47 Å². The zero-order chi connectivity index (χ0) is 28.5. The van der Waals surface area contributed by atoms with Gasteiger partial charge in [-0.1, -0.05) is 36.4 Å². The maximum atomic E-state index is 13.3. The van der Waals surface area contributed by atoms with Crippen molar-refractivity contribution in [3.05, 3.63) is 124 Å². The molecule has 0 spiro atoms. The third kappa shape index (κ3) is 5.36. The minimum Gasteiger partial charge on any atom is -0.497 e. The second-order valence-corrected chi connectivity index (χ2v) is 10.9. The van der Waals surface area contributed by atoms with Crippen molar-refractivity contribution in [2.75, 3.05) is 7.11 Å². The minimum atomic E-state index is -0.266. The molecule has 7 heteroatoms. The van der Waals surface area contributed by atoms with E-state index in [2.05, 4.69) is 4.57 Å². The van der Waals surface area contributed by atoms with Gasteiger partial charge in [-0.05, 0) is 114 Å². The van der Waals surface area contributed by atoms with Crippen LogP contribution in [0.1, 0.15) is 22.5 Å². The van der Waals surface area contributed by atoms with Crippen LogP contribution in [-0.2, 0) is 11.3 Å². The number of ether oxygens (including phenoxy) is 2. The molecule has 41 heavy (non-hydrogen) atoms. The fourth-order valence-corrected chi connectivity index (χ4v) is 5.90. The summed E-state index contributed by atoms with van der Waals surface area (Å²) < 4.78 is 13.3. The van der Waals surface area contributed by atoms with Crippen LogP contribution in [-0.4, -0.2) is 27.7 Å². The number of carbonyl (C=O) groups excluding carboxylic acids is 2. The molecule has 6 rings (SSSR count). The van der Waals surface area contributed by atoms with Crippen LogP contribution in [0.25, 0.3) is 22.5 Å². The average Bonchev–Trinajstić information content (AvgIpc) is 3.42. The fraction of sp³-hybridized carbons (Fsp3) is 0.118. The monoisotopic (exact) mass is 560 g/mol. The van der Waals surface area contributed by atoms with Gasteiger partial charge < -0.3 is 14.0 Å². The number of thioether (sulfide) groups is 1. The largest absolute Gasteiger partial charge is 0.497 e. The van der Waals surface area contributed by atoms with Gasteiger partial charge in [-0.3, -0.25) is 14.5 Å². The first-order valence-electron chi connectivity index (χ1n) is 13.2. The number of imide groups is 1. The molecule has 5 aromatic rings. The molecule has 0 saturated carbocycles. The van der Waals surface area contributed by atoms with Crippen molar-refractivity contribution in [1.82, 2.24) is 9.47 Å². The quantitative estimate of drug-likeness (QED) is 0.188. The molecule has 0 atom stereocenters. The normalized spacial score (nSPS) is 14.3. The number of methoxy groups -OCH3 is 1. The molecule has 0 aliphatic carbocycles. The van der Waals surface area contributed by atoms with Gasteiger partial charge in [0, 0.05) is 17.1 Å². The molecule has 0 unspecified atom stereocenters. The predicted octanol–water partition coefficient (Wildman–Crippen LogP) is 8.28. The Morgan fingerprint density at radius 3 is 2.15 bits per heavy atom. The zero-order valence-electron chi connectivity index (χ0n) is 23.0. The Balaban J connectivity index is 1.20. The predicted molar refractivity (Wildman–Crippen MR) is 164 cm³/mol. The molecule has 6 nitrogen and oxygen atoms in total. The van der Waals surface area contributed by atoms with Crippen LogP contribution in [0.4, 0.5) is 4.79 Å². The summed E-state index contributed by atoms with van der Waals surface area (Å²) in [5.41, 5.74) is 4.80. The summed E-state index contributed by atoms with van der Waals surface area (Å²) >= 11 is 0.989. The Kier molecular flexibility index (Phi) is 7.12. The van der Waals surface area contributed by atoms with E-state index in [0.717, 1.165) is 68.0 Å². The molecule has 4 aromatic carbocycles. The number of amides is 2. The Morgan fingerprint density at radius 1 is 0.780 bits per heavy atom. The number of hydrogen-bond donors (Lipinski definition) is 0. The van der Waals surface area contributed by atoms with E-state index < -0.39 is 0 Å². The van der Waals surface area contributed by atoms with Crippen LogP contribution in [0.2, 0.25) is 0 Å². The minimum absolute atomic E-state index is 0.247. The molecule has 1 saturated heterocycles. The first-order chi connectivity index (χ1) is 19.9. The van der Waals surface area contributed by atoms with Crippen molar-refractivity contribution in [3.8, 4) is 22.9 Å². The van der Waals surface area contributed by atoms with Gasteiger partial charge in [0.2, 0.25) is 0 Å². The van der Waals surface area contributed by atoms with Gasteiger partial charge in [-0.25, -0.2) is 0 Å². The molecule has 2 amide bonds. The van der Waals surface area contributed by atoms with Gasteiger partial charge >= 0.3 is 0 Å². The second-order valence-electron chi connectivity index (χ2n) is 9.88. The van der Waals surface area contributed by atoms with Crippen LogP contribution in [0.5, 0.6) is 17.2 Å². The first-order valence-corrected chi connectivity index (χ1v) is 14.1. The Labute approximate surface area is 242 Å². The van der Waals surface area contributed by atoms with Crippen LogP contribution < -0.4 is 9.47 Å². The van der Waals surface area contributed by atoms with Crippen LogP contribution >= 0.6 is 11.8 Å². The highest BCUT2D eigenvalue weighted by Crippen LogP contribution is 2.35. The molecule has 0 bridgehead atoms. The Bertz CT molecular complexity index is 1800. The lowest BCUT2D eigenvalue weighted by Crippen LogP contribution is -2.27. The Morgan fingerprint density at radius 2 is 1.44 bits per heavy atom. The number of aromatic nitrogens is 1. The van der Waals surface area contributed by atoms with Crippen molar-refractivity contribution in [2.24, 2.45) is 0 Å². The molecule has 0 radical (unpaired) electrons. The summed E-state index contributed by atoms with van der Waals surface area (Å²) in [7, 11) is 1.63. The number of rotatable bonds is 7. The van der Waals surface area contributed by atoms with Crippen molar-refractivity contribution in [1.29, 1.82) is 0 Å². The Hall–Kier alpha value is -4.75. The number of aryl methyl sites for hydroxylation is 1. The van der Waals surface area contributed by atoms with Gasteiger partial charge in [-0.15, -0.1) is 0 Å². The molecular formula is C34H28N2O4S. The summed E-state index contributed by atoms with van der Waals surface area (Å²) in [5, 5.41) is 1.95. The maximum absolute atomic E-state index is 13.3. The van der Waals surface area contributed by atoms with Crippen molar-refractivity contribution in [3.63, 3.8) is 0 Å². The molecule has 2 heterocycles. The number of benzene rings is 4. The molecule has 1 fully saturated rings. The van der Waals surface area contributed by atoms with Crippen molar-refractivity contribution in [2.45, 2.75) is 20.4 Å². The van der Waals surface area contributed by atoms with Crippen molar-refractivity contribution < 1.29 is 19.1 Å². The maximum Gasteiger partial charge on any atom is 0.293 e. The van der Waals surface area contributed by atoms with Gasteiger partial charge in [0.05, 0.1) is 18.6 Å². The number of nitrogens with zero attached hydrogens (tertiary/aromatic N) is 2. The fourth-order valence-electron chi connectivity index (χ4n) is 5.07. The lowest BCUT2D eigenvalue weighted by molar-refractivity contribution is -0.123. The molecule has 1 aromatic heterocycles. The molecular weight excluding hydrogens is 532 g/mol. The van der Waals surface area contributed by atoms with Crippen LogP contribution in [0, 0.1) is 13.8 Å². The zero-order valence-corrected chi connectivity index (χ0v) is 23.8. The summed E-state index contributed by atoms with van der Waals surface area (Å²) in [6, 6.07) is 31.4. The molecule has 1 aliphatic heterocycles. The third-order valence-corrected chi connectivity index (χ3v) is 8.08. The van der Waals surface area contributed by atoms with E-state index >= 15 is 0 Å². The average molecular weight is 561 g/mol. The highest BCUT2D eigenvalue weighted by atomic mass is 32.2. The molecule has 204 valence electrons. The lowest BCUT2D eigenvalue weighted by atomic mass is 10.1. The number of carbonyl (C=O) groups is 2. The SMILES string of the molecule is COc1ccc(Oc2ccc(-n3c(C)cc(/C=C4\SC(=O)N(Cc5ccc6ccccc6c5)C4=O)c3C)cc2)cc1. The molecule has 0 N–H and O–H groups in total. The van der Waals surface area contributed by atoms with Gasteiger partial charge in [0.1, 0.15) is 17.2 Å². The second kappa shape index (κ2) is 11.0. The van der Waals surface area contributed by atoms with E-state index in [9.17, 15) is 9.59 Å². The van der Waals surface area contributed by atoms with Crippen molar-refractivity contribution >= 4 is 39.8 Å². The summed E-state index contributed by atoms with van der Waals surface area (Å²) in [6.45, 7) is 4.29. The van der Waals surface area contributed by atoms with E-state index in [1.165, 1.54) is 4.90 Å². The standard InChI is InChI=1S/C34H28N2O4S/c1-22-18-27(23(2)36(22)28-10-12-30(13-11-28)40-31-16-14-29(39-3)15-17-31)20-32-33(37)35(34(38)41-32)21-24-8-9-25-6-4-5-7-26(25)19-24/h4-20H,21H2,1-3H3/b32-20-. The van der Waals surface area contributed by atoms with Crippen LogP contribution in [0.3, 0.4) is 0 Å². The molecule has 1 aliphatic rings. The van der Waals surface area contributed by atoms with Gasteiger partial charge in [0.15, 0.2) is 0 Å². The van der Waals surface area contributed by atoms with Gasteiger partial charge in [-0.2, -0.15) is 0 Å². The number of fused-ring (bicyclic) bond motifs is 1. The van der Waals surface area contributed by atoms with E-state index in [0.29, 0.717) is 4.91 Å². The van der Waals surface area contributed by atoms with E-state index in [1.807, 2.05) is 117 Å². The van der Waals surface area contributed by atoms with Gasteiger partial charge in [0.25, 0.3) is 11.1 Å². The van der Waals surface area contributed by atoms with Crippen LogP contribution in [0.15, 0.2) is 102 Å². The third-order valence-electron chi connectivity index (χ3n) is 7.18. The van der Waals surface area contributed by atoms with E-state index in [-0.39, 0.29) is 17.7 Å². The first kappa shape index (κ1) is 26.5. The summed E-state index contributed by atoms with van der Waals surface area (Å²) in [4.78, 5) is 27.9. The smallest absolute Gasteiger partial charge is 0.293 e. The van der Waals surface area contributed by atoms with E-state index in [1.54, 1.807) is 7.11 Å². The highest BCUT2D eigenvalue weighted by molar-refractivity contribution is 8.18. The number of hydrogen-bond acceptors (Lipinski definition) is 5. The summed E-state index contributed by atoms with van der Waals surface area (Å²) in [5.74, 6) is 1.96. The lowest BCUT2D eigenvalue weighted by Gasteiger charge is -2.13.